The fourth-order valence-corrected chi connectivity index (χ4v) is 4.38. The van der Waals surface area contributed by atoms with Crippen LogP contribution in [0.5, 0.6) is 5.95 Å². The summed E-state index contributed by atoms with van der Waals surface area (Å²) in [7, 11) is 1.50. The van der Waals surface area contributed by atoms with E-state index in [0.29, 0.717) is 16.9 Å². The van der Waals surface area contributed by atoms with Crippen molar-refractivity contribution in [2.24, 2.45) is 5.92 Å². The van der Waals surface area contributed by atoms with E-state index in [1.165, 1.54) is 7.11 Å². The molecule has 0 saturated heterocycles. The second-order valence-corrected chi connectivity index (χ2v) is 7.49. The summed E-state index contributed by atoms with van der Waals surface area (Å²) in [5, 5.41) is 0. The first-order chi connectivity index (χ1) is 12.0. The summed E-state index contributed by atoms with van der Waals surface area (Å²) in [6.45, 7) is 13.1. The van der Waals surface area contributed by atoms with Gasteiger partial charge in [-0.1, -0.05) is 28.9 Å². The molecule has 0 spiro atoms. The van der Waals surface area contributed by atoms with Gasteiger partial charge in [0.25, 0.3) is 5.95 Å². The number of ether oxygens (including phenoxy) is 1. The zero-order valence-corrected chi connectivity index (χ0v) is 16.9. The maximum atomic E-state index is 12.7. The van der Waals surface area contributed by atoms with Crippen molar-refractivity contribution in [1.82, 2.24) is 0 Å². The van der Waals surface area contributed by atoms with Gasteiger partial charge >= 0.3 is 0 Å². The van der Waals surface area contributed by atoms with Gasteiger partial charge < -0.3 is 9.15 Å². The number of rotatable bonds is 4. The molecule has 2 rings (SSSR count). The van der Waals surface area contributed by atoms with Gasteiger partial charge in [0.05, 0.1) is 18.1 Å². The van der Waals surface area contributed by atoms with Crippen LogP contribution in [0.3, 0.4) is 0 Å². The molecule has 1 aromatic rings. The van der Waals surface area contributed by atoms with Gasteiger partial charge in [-0.2, -0.15) is 0 Å². The number of carbonyl (C=O) groups excluding carboxylic acids is 1. The topological polar surface area (TPSA) is 56.5 Å². The number of carbonyl (C=O) groups is 1. The van der Waals surface area contributed by atoms with Crippen molar-refractivity contribution in [3.05, 3.63) is 62.1 Å². The normalized spacial score (nSPS) is 23.4. The van der Waals surface area contributed by atoms with Crippen LogP contribution in [0.2, 0.25) is 0 Å². The van der Waals surface area contributed by atoms with E-state index in [2.05, 4.69) is 26.0 Å². The molecule has 4 heteroatoms. The number of hydrogen-bond acceptors (Lipinski definition) is 4. The van der Waals surface area contributed by atoms with Gasteiger partial charge in [-0.15, -0.1) is 0 Å². The van der Waals surface area contributed by atoms with Crippen LogP contribution in [0.4, 0.5) is 0 Å². The van der Waals surface area contributed by atoms with Crippen LogP contribution < -0.4 is 10.2 Å². The Hall–Kier alpha value is -2.36. The molecule has 0 radical (unpaired) electrons. The van der Waals surface area contributed by atoms with Crippen LogP contribution in [0.1, 0.15) is 51.5 Å². The van der Waals surface area contributed by atoms with Gasteiger partial charge in [-0.05, 0) is 54.5 Å². The highest BCUT2D eigenvalue weighted by atomic mass is 16.6. The fraction of sp³-hybridized carbons (Fsp3) is 0.455. The lowest BCUT2D eigenvalue weighted by molar-refractivity contribution is -0.112. The molecule has 2 atom stereocenters. The monoisotopic (exact) mass is 356 g/mol. The number of ketones is 1. The number of allylic oxidation sites excluding steroid dienone is 6. The summed E-state index contributed by atoms with van der Waals surface area (Å²) in [6.07, 6.45) is 5.89. The molecule has 0 aliphatic heterocycles. The lowest BCUT2D eigenvalue weighted by Crippen LogP contribution is -2.36. The molecule has 0 N–H and O–H groups in total. The highest BCUT2D eigenvalue weighted by Crippen LogP contribution is 2.47. The van der Waals surface area contributed by atoms with Crippen LogP contribution >= 0.6 is 0 Å². The smallest absolute Gasteiger partial charge is 0.291 e. The Bertz CT molecular complexity index is 895. The van der Waals surface area contributed by atoms with Crippen molar-refractivity contribution in [3.8, 4) is 5.95 Å². The van der Waals surface area contributed by atoms with Gasteiger partial charge in [0, 0.05) is 11.5 Å². The Kier molecular flexibility index (Phi) is 5.45. The molecule has 1 heterocycles. The first-order valence-corrected chi connectivity index (χ1v) is 8.78. The van der Waals surface area contributed by atoms with Crippen molar-refractivity contribution >= 4 is 5.78 Å². The van der Waals surface area contributed by atoms with Gasteiger partial charge in [0.1, 0.15) is 5.76 Å². The minimum Gasteiger partial charge on any atom is -0.468 e. The molecular formula is C22H28O4. The molecule has 0 fully saturated rings. The van der Waals surface area contributed by atoms with Crippen molar-refractivity contribution in [2.75, 3.05) is 7.11 Å². The molecule has 0 unspecified atom stereocenters. The summed E-state index contributed by atoms with van der Waals surface area (Å²) in [5.41, 5.74) is 3.54. The van der Waals surface area contributed by atoms with Crippen LogP contribution in [-0.4, -0.2) is 12.9 Å². The summed E-state index contributed by atoms with van der Waals surface area (Å²) in [6, 6.07) is 0. The molecule has 0 aromatic carbocycles. The van der Waals surface area contributed by atoms with Crippen molar-refractivity contribution in [2.45, 2.75) is 53.9 Å². The first-order valence-electron chi connectivity index (χ1n) is 8.78. The van der Waals surface area contributed by atoms with E-state index in [1.807, 2.05) is 13.8 Å². The molecule has 4 nitrogen and oxygen atoms in total. The van der Waals surface area contributed by atoms with Crippen molar-refractivity contribution in [3.63, 3.8) is 0 Å². The SMILES string of the molecule is COc1oc([C@@]2(C)C=C(C)C=C(C)[C@H]2/C(C)=C/C(C)=O)c(C)c(=O)c1C. The highest BCUT2D eigenvalue weighted by molar-refractivity contribution is 5.88. The predicted molar refractivity (Wildman–Crippen MR) is 104 cm³/mol. The second kappa shape index (κ2) is 7.10. The van der Waals surface area contributed by atoms with E-state index in [0.717, 1.165) is 16.7 Å². The molecule has 0 saturated carbocycles. The number of methoxy groups -OCH3 is 1. The molecule has 26 heavy (non-hydrogen) atoms. The molecule has 0 bridgehead atoms. The van der Waals surface area contributed by atoms with E-state index in [-0.39, 0.29) is 23.1 Å². The third kappa shape index (κ3) is 3.33. The van der Waals surface area contributed by atoms with Gasteiger partial charge in [0.15, 0.2) is 11.2 Å². The van der Waals surface area contributed by atoms with Gasteiger partial charge in [-0.3, -0.25) is 9.59 Å². The van der Waals surface area contributed by atoms with Crippen LogP contribution in [-0.2, 0) is 10.2 Å². The molecule has 140 valence electrons. The van der Waals surface area contributed by atoms with E-state index >= 15 is 0 Å². The molecule has 1 aromatic heterocycles. The van der Waals surface area contributed by atoms with E-state index < -0.39 is 5.41 Å². The van der Waals surface area contributed by atoms with Crippen molar-refractivity contribution < 1.29 is 13.9 Å². The lowest BCUT2D eigenvalue weighted by atomic mass is 9.64. The lowest BCUT2D eigenvalue weighted by Gasteiger charge is -2.39. The standard InChI is InChI=1S/C22H28O4/c1-12-9-13(2)18(14(3)10-15(4)23)22(7,11-12)20-16(5)19(24)17(6)21(25-8)26-20/h9-11,18H,1-8H3/b14-10+/t18-,22-/m0/s1. The molecular weight excluding hydrogens is 328 g/mol. The minimum atomic E-state index is -0.594. The van der Waals surface area contributed by atoms with Gasteiger partial charge in [-0.25, -0.2) is 0 Å². The Morgan fingerprint density at radius 2 is 1.81 bits per heavy atom. The largest absolute Gasteiger partial charge is 0.468 e. The third-order valence-electron chi connectivity index (χ3n) is 5.12. The van der Waals surface area contributed by atoms with Crippen LogP contribution in [0.15, 0.2) is 44.2 Å². The first kappa shape index (κ1) is 20.0. The fourth-order valence-electron chi connectivity index (χ4n) is 4.38. The average Bonchev–Trinajstić information content (AvgIpc) is 2.51. The molecule has 1 aliphatic carbocycles. The molecule has 1 aliphatic rings. The summed E-state index contributed by atoms with van der Waals surface area (Å²) in [5.74, 6) is 0.744. The zero-order valence-electron chi connectivity index (χ0n) is 16.9. The predicted octanol–water partition coefficient (Wildman–Crippen LogP) is 4.58. The summed E-state index contributed by atoms with van der Waals surface area (Å²) >= 11 is 0. The Morgan fingerprint density at radius 1 is 1.19 bits per heavy atom. The minimum absolute atomic E-state index is 0.00332. The van der Waals surface area contributed by atoms with Crippen LogP contribution in [0, 0.1) is 19.8 Å². The Labute approximate surface area is 155 Å². The average molecular weight is 356 g/mol. The number of hydrogen-bond donors (Lipinski definition) is 0. The molecule has 0 amide bonds. The summed E-state index contributed by atoms with van der Waals surface area (Å²) < 4.78 is 11.4. The van der Waals surface area contributed by atoms with Crippen molar-refractivity contribution in [1.29, 1.82) is 0 Å². The van der Waals surface area contributed by atoms with E-state index in [1.54, 1.807) is 26.8 Å². The maximum Gasteiger partial charge on any atom is 0.291 e. The highest BCUT2D eigenvalue weighted by Gasteiger charge is 2.42. The van der Waals surface area contributed by atoms with Crippen LogP contribution in [0.25, 0.3) is 0 Å². The van der Waals surface area contributed by atoms with E-state index in [9.17, 15) is 9.59 Å². The Morgan fingerprint density at radius 3 is 2.35 bits per heavy atom. The second-order valence-electron chi connectivity index (χ2n) is 7.49. The maximum absolute atomic E-state index is 12.7. The summed E-state index contributed by atoms with van der Waals surface area (Å²) in [4.78, 5) is 24.4. The Balaban J connectivity index is 2.83. The van der Waals surface area contributed by atoms with E-state index in [4.69, 9.17) is 9.15 Å². The third-order valence-corrected chi connectivity index (χ3v) is 5.12. The van der Waals surface area contributed by atoms with Gasteiger partial charge in [0.2, 0.25) is 0 Å². The zero-order chi connectivity index (χ0) is 19.8. The quantitative estimate of drug-likeness (QED) is 0.741.